The van der Waals surface area contributed by atoms with Crippen molar-refractivity contribution in [2.24, 2.45) is 0 Å². The summed E-state index contributed by atoms with van der Waals surface area (Å²) >= 11 is 1.62. The Morgan fingerprint density at radius 2 is 1.86 bits per heavy atom. The van der Waals surface area contributed by atoms with Crippen molar-refractivity contribution in [1.82, 2.24) is 4.57 Å². The van der Waals surface area contributed by atoms with Crippen LogP contribution in [0, 0.1) is 20.8 Å². The van der Waals surface area contributed by atoms with Crippen LogP contribution in [0.2, 0.25) is 0 Å². The number of rotatable bonds is 5. The highest BCUT2D eigenvalue weighted by atomic mass is 32.2. The molecule has 0 unspecified atom stereocenters. The van der Waals surface area contributed by atoms with Gasteiger partial charge in [-0.25, -0.2) is 0 Å². The zero-order chi connectivity index (χ0) is 15.0. The number of hydrogen-bond acceptors (Lipinski definition) is 2. The largest absolute Gasteiger partial charge is 0.345 e. The van der Waals surface area contributed by atoms with Gasteiger partial charge in [0.2, 0.25) is 0 Å². The number of Topliss-reactive ketones (excluding diaryl/α,β-unsaturated/α-hetero) is 1. The SMILES string of the molecule is Cc1ccc(SCC(=O)c2cc(C)n(C3CC3)c2C)cc1. The molecule has 1 aliphatic rings. The third kappa shape index (κ3) is 3.08. The van der Waals surface area contributed by atoms with Crippen LogP contribution in [0.5, 0.6) is 0 Å². The summed E-state index contributed by atoms with van der Waals surface area (Å²) in [7, 11) is 0. The molecule has 3 rings (SSSR count). The first-order chi connectivity index (χ1) is 10.1. The monoisotopic (exact) mass is 299 g/mol. The van der Waals surface area contributed by atoms with Gasteiger partial charge >= 0.3 is 0 Å². The van der Waals surface area contributed by atoms with Gasteiger partial charge in [0.05, 0.1) is 5.75 Å². The highest BCUT2D eigenvalue weighted by molar-refractivity contribution is 8.00. The van der Waals surface area contributed by atoms with Crippen LogP contribution in [0.3, 0.4) is 0 Å². The Morgan fingerprint density at radius 3 is 2.48 bits per heavy atom. The maximum atomic E-state index is 12.5. The van der Waals surface area contributed by atoms with Crippen molar-refractivity contribution in [2.75, 3.05) is 5.75 Å². The highest BCUT2D eigenvalue weighted by Crippen LogP contribution is 2.38. The van der Waals surface area contributed by atoms with Crippen molar-refractivity contribution in [3.8, 4) is 0 Å². The molecule has 3 heteroatoms. The molecule has 0 bridgehead atoms. The van der Waals surface area contributed by atoms with Crippen LogP contribution in [0.4, 0.5) is 0 Å². The second kappa shape index (κ2) is 5.72. The number of carbonyl (C=O) groups excluding carboxylic acids is 1. The van der Waals surface area contributed by atoms with Crippen LogP contribution >= 0.6 is 11.8 Å². The molecule has 2 nitrogen and oxygen atoms in total. The molecule has 0 spiro atoms. The number of aromatic nitrogens is 1. The van der Waals surface area contributed by atoms with E-state index < -0.39 is 0 Å². The molecule has 2 aromatic rings. The maximum Gasteiger partial charge on any atom is 0.174 e. The fourth-order valence-corrected chi connectivity index (χ4v) is 3.60. The fraction of sp³-hybridized carbons (Fsp3) is 0.389. The maximum absolute atomic E-state index is 12.5. The van der Waals surface area contributed by atoms with E-state index in [-0.39, 0.29) is 5.78 Å². The molecule has 0 amide bonds. The van der Waals surface area contributed by atoms with E-state index in [9.17, 15) is 4.79 Å². The first-order valence-corrected chi connectivity index (χ1v) is 8.46. The third-order valence-electron chi connectivity index (χ3n) is 4.09. The van der Waals surface area contributed by atoms with E-state index in [0.29, 0.717) is 11.8 Å². The summed E-state index contributed by atoms with van der Waals surface area (Å²) in [6.45, 7) is 6.26. The van der Waals surface area contributed by atoms with Crippen LogP contribution in [-0.4, -0.2) is 16.1 Å². The molecular weight excluding hydrogens is 278 g/mol. The zero-order valence-electron chi connectivity index (χ0n) is 12.8. The van der Waals surface area contributed by atoms with Gasteiger partial charge in [0, 0.05) is 27.9 Å². The number of thioether (sulfide) groups is 1. The second-order valence-electron chi connectivity index (χ2n) is 5.91. The molecule has 1 aromatic carbocycles. The van der Waals surface area contributed by atoms with E-state index >= 15 is 0 Å². The summed E-state index contributed by atoms with van der Waals surface area (Å²) in [6, 6.07) is 11.0. The minimum atomic E-state index is 0.237. The van der Waals surface area contributed by atoms with Crippen molar-refractivity contribution in [3.63, 3.8) is 0 Å². The van der Waals surface area contributed by atoms with Crippen molar-refractivity contribution in [3.05, 3.63) is 52.8 Å². The lowest BCUT2D eigenvalue weighted by atomic mass is 10.2. The molecule has 110 valence electrons. The lowest BCUT2D eigenvalue weighted by Crippen LogP contribution is -2.05. The molecule has 0 radical (unpaired) electrons. The van der Waals surface area contributed by atoms with E-state index in [1.807, 2.05) is 0 Å². The van der Waals surface area contributed by atoms with Crippen molar-refractivity contribution in [2.45, 2.75) is 44.6 Å². The number of benzene rings is 1. The van der Waals surface area contributed by atoms with Crippen molar-refractivity contribution in [1.29, 1.82) is 0 Å². The van der Waals surface area contributed by atoms with Crippen LogP contribution in [-0.2, 0) is 0 Å². The Morgan fingerprint density at radius 1 is 1.19 bits per heavy atom. The molecule has 1 fully saturated rings. The van der Waals surface area contributed by atoms with Crippen LogP contribution in [0.15, 0.2) is 35.2 Å². The Hall–Kier alpha value is -1.48. The van der Waals surface area contributed by atoms with Gasteiger partial charge in [-0.3, -0.25) is 4.79 Å². The average Bonchev–Trinajstić information content (AvgIpc) is 3.24. The molecule has 21 heavy (non-hydrogen) atoms. The standard InChI is InChI=1S/C18H21NOS/c1-12-4-8-16(9-5-12)21-11-18(20)17-10-13(2)19(14(17)3)15-6-7-15/h4-5,8-10,15H,6-7,11H2,1-3H3. The smallest absolute Gasteiger partial charge is 0.174 e. The zero-order valence-corrected chi connectivity index (χ0v) is 13.7. The van der Waals surface area contributed by atoms with E-state index in [1.165, 1.54) is 24.1 Å². The quantitative estimate of drug-likeness (QED) is 0.588. The summed E-state index contributed by atoms with van der Waals surface area (Å²) in [4.78, 5) is 13.6. The summed E-state index contributed by atoms with van der Waals surface area (Å²) in [5.41, 5.74) is 4.51. The molecule has 1 aromatic heterocycles. The predicted octanol–water partition coefficient (Wildman–Crippen LogP) is 4.72. The van der Waals surface area contributed by atoms with Crippen LogP contribution in [0.1, 0.15) is 46.2 Å². The summed E-state index contributed by atoms with van der Waals surface area (Å²) in [5.74, 6) is 0.749. The van der Waals surface area contributed by atoms with Gasteiger partial charge in [-0.05, 0) is 51.8 Å². The minimum Gasteiger partial charge on any atom is -0.345 e. The first-order valence-electron chi connectivity index (χ1n) is 7.47. The fourth-order valence-electron chi connectivity index (χ4n) is 2.82. The van der Waals surface area contributed by atoms with Gasteiger partial charge in [0.1, 0.15) is 0 Å². The van der Waals surface area contributed by atoms with Gasteiger partial charge in [-0.1, -0.05) is 17.7 Å². The van der Waals surface area contributed by atoms with Gasteiger partial charge in [0.25, 0.3) is 0 Å². The molecule has 0 atom stereocenters. The Labute approximate surface area is 130 Å². The van der Waals surface area contributed by atoms with Crippen LogP contribution in [0.25, 0.3) is 0 Å². The molecule has 0 saturated heterocycles. The topological polar surface area (TPSA) is 22.0 Å². The Kier molecular flexibility index (Phi) is 3.94. The third-order valence-corrected chi connectivity index (χ3v) is 5.10. The first kappa shape index (κ1) is 14.5. The molecule has 0 aliphatic heterocycles. The highest BCUT2D eigenvalue weighted by Gasteiger charge is 2.28. The summed E-state index contributed by atoms with van der Waals surface area (Å²) < 4.78 is 2.34. The minimum absolute atomic E-state index is 0.237. The van der Waals surface area contributed by atoms with Gasteiger partial charge < -0.3 is 4.57 Å². The molecule has 1 saturated carbocycles. The van der Waals surface area contributed by atoms with Gasteiger partial charge in [-0.2, -0.15) is 0 Å². The van der Waals surface area contributed by atoms with Crippen molar-refractivity contribution < 1.29 is 4.79 Å². The molecule has 1 heterocycles. The number of carbonyl (C=O) groups is 1. The Balaban J connectivity index is 1.71. The summed E-state index contributed by atoms with van der Waals surface area (Å²) in [6.07, 6.45) is 2.50. The van der Waals surface area contributed by atoms with E-state index in [0.717, 1.165) is 16.2 Å². The van der Waals surface area contributed by atoms with E-state index in [4.69, 9.17) is 0 Å². The molecular formula is C18H21NOS. The number of nitrogens with zero attached hydrogens (tertiary/aromatic N) is 1. The molecule has 1 aliphatic carbocycles. The lowest BCUT2D eigenvalue weighted by molar-refractivity contribution is 0.102. The van der Waals surface area contributed by atoms with Crippen molar-refractivity contribution >= 4 is 17.5 Å². The van der Waals surface area contributed by atoms with Gasteiger partial charge in [0.15, 0.2) is 5.78 Å². The second-order valence-corrected chi connectivity index (χ2v) is 6.96. The van der Waals surface area contributed by atoms with E-state index in [1.54, 1.807) is 11.8 Å². The van der Waals surface area contributed by atoms with Gasteiger partial charge in [-0.15, -0.1) is 11.8 Å². The van der Waals surface area contributed by atoms with Crippen LogP contribution < -0.4 is 0 Å². The number of ketones is 1. The summed E-state index contributed by atoms with van der Waals surface area (Å²) in [5, 5.41) is 0. The Bertz CT molecular complexity index is 665. The lowest BCUT2D eigenvalue weighted by Gasteiger charge is -2.07. The normalized spacial score (nSPS) is 14.4. The average molecular weight is 299 g/mol. The molecule has 0 N–H and O–H groups in total. The number of aryl methyl sites for hydroxylation is 2. The van der Waals surface area contributed by atoms with E-state index in [2.05, 4.69) is 55.7 Å². The predicted molar refractivity (Wildman–Crippen MR) is 88.4 cm³/mol. The number of hydrogen-bond donors (Lipinski definition) is 0.